The van der Waals surface area contributed by atoms with Crippen LogP contribution in [0.15, 0.2) is 12.1 Å². The van der Waals surface area contributed by atoms with Gasteiger partial charge in [0, 0.05) is 45.4 Å². The van der Waals surface area contributed by atoms with Gasteiger partial charge in [-0.1, -0.05) is 0 Å². The number of aromatic hydroxyl groups is 1. The van der Waals surface area contributed by atoms with Crippen molar-refractivity contribution in [1.29, 1.82) is 0 Å². The van der Waals surface area contributed by atoms with Crippen LogP contribution in [0, 0.1) is 0 Å². The summed E-state index contributed by atoms with van der Waals surface area (Å²) >= 11 is 0. The highest BCUT2D eigenvalue weighted by molar-refractivity contribution is 5.73. The zero-order valence-electron chi connectivity index (χ0n) is 11.6. The Bertz CT molecular complexity index is 491. The van der Waals surface area contributed by atoms with E-state index in [0.29, 0.717) is 31.1 Å². The Morgan fingerprint density at radius 3 is 2.70 bits per heavy atom. The van der Waals surface area contributed by atoms with Gasteiger partial charge in [0.2, 0.25) is 6.79 Å². The van der Waals surface area contributed by atoms with E-state index in [0.717, 1.165) is 5.56 Å². The maximum atomic E-state index is 11.3. The standard InChI is InChI=1S/C13H19N3O4/c1-16(2)13(18)15-4-3-14-7-9-5-11-12(6-10(9)17)20-8-19-11/h5-6,14,17H,3-4,7-8H2,1-2H3,(H,15,18). The fraction of sp³-hybridized carbons (Fsp3) is 0.462. The van der Waals surface area contributed by atoms with Gasteiger partial charge in [-0.15, -0.1) is 0 Å². The average molecular weight is 281 g/mol. The maximum Gasteiger partial charge on any atom is 0.316 e. The molecule has 1 aliphatic rings. The molecular formula is C13H19N3O4. The number of ether oxygens (including phenoxy) is 2. The number of benzene rings is 1. The summed E-state index contributed by atoms with van der Waals surface area (Å²) in [5.74, 6) is 1.36. The highest BCUT2D eigenvalue weighted by atomic mass is 16.7. The molecule has 0 aliphatic carbocycles. The van der Waals surface area contributed by atoms with Gasteiger partial charge in [-0.2, -0.15) is 0 Å². The van der Waals surface area contributed by atoms with Gasteiger partial charge in [0.05, 0.1) is 0 Å². The quantitative estimate of drug-likeness (QED) is 0.684. The predicted octanol–water partition coefficient (Wildman–Crippen LogP) is 0.482. The lowest BCUT2D eigenvalue weighted by atomic mass is 10.1. The third-order valence-electron chi connectivity index (χ3n) is 2.87. The Balaban J connectivity index is 1.76. The number of phenols is 1. The topological polar surface area (TPSA) is 83.1 Å². The minimum absolute atomic E-state index is 0.127. The highest BCUT2D eigenvalue weighted by Crippen LogP contribution is 2.37. The van der Waals surface area contributed by atoms with Crippen LogP contribution in [0.25, 0.3) is 0 Å². The number of urea groups is 1. The molecule has 0 aromatic heterocycles. The smallest absolute Gasteiger partial charge is 0.316 e. The lowest BCUT2D eigenvalue weighted by Crippen LogP contribution is -2.38. The molecule has 0 unspecified atom stereocenters. The Morgan fingerprint density at radius 1 is 1.30 bits per heavy atom. The molecule has 110 valence electrons. The van der Waals surface area contributed by atoms with E-state index in [2.05, 4.69) is 10.6 Å². The van der Waals surface area contributed by atoms with Gasteiger partial charge >= 0.3 is 6.03 Å². The number of nitrogens with one attached hydrogen (secondary N) is 2. The second kappa shape index (κ2) is 6.33. The number of hydrogen-bond acceptors (Lipinski definition) is 5. The molecule has 0 saturated heterocycles. The van der Waals surface area contributed by atoms with Crippen LogP contribution in [0.3, 0.4) is 0 Å². The zero-order valence-corrected chi connectivity index (χ0v) is 11.6. The number of phenolic OH excluding ortho intramolecular Hbond substituents is 1. The van der Waals surface area contributed by atoms with Crippen molar-refractivity contribution in [2.75, 3.05) is 34.0 Å². The predicted molar refractivity (Wildman–Crippen MR) is 73.0 cm³/mol. The maximum absolute atomic E-state index is 11.3. The Morgan fingerprint density at radius 2 is 2.00 bits per heavy atom. The third-order valence-corrected chi connectivity index (χ3v) is 2.87. The number of amides is 2. The first-order valence-corrected chi connectivity index (χ1v) is 6.35. The van der Waals surface area contributed by atoms with E-state index in [1.165, 1.54) is 4.90 Å². The lowest BCUT2D eigenvalue weighted by Gasteiger charge is -2.12. The Hall–Kier alpha value is -2.15. The van der Waals surface area contributed by atoms with Crippen LogP contribution in [0.1, 0.15) is 5.56 Å². The molecule has 1 aromatic carbocycles. The van der Waals surface area contributed by atoms with Crippen LogP contribution in [0.5, 0.6) is 17.2 Å². The van der Waals surface area contributed by atoms with Crippen molar-refractivity contribution in [3.05, 3.63) is 17.7 Å². The Kier molecular flexibility index (Phi) is 4.52. The van der Waals surface area contributed by atoms with Crippen LogP contribution >= 0.6 is 0 Å². The number of carbonyl (C=O) groups is 1. The average Bonchev–Trinajstić information content (AvgIpc) is 2.84. The van der Waals surface area contributed by atoms with E-state index >= 15 is 0 Å². The normalized spacial score (nSPS) is 12.3. The second-order valence-corrected chi connectivity index (χ2v) is 4.64. The number of nitrogens with zero attached hydrogens (tertiary/aromatic N) is 1. The molecule has 2 rings (SSSR count). The van der Waals surface area contributed by atoms with Gasteiger partial charge in [0.25, 0.3) is 0 Å². The van der Waals surface area contributed by atoms with Crippen LogP contribution < -0.4 is 20.1 Å². The van der Waals surface area contributed by atoms with E-state index in [1.54, 1.807) is 26.2 Å². The molecule has 1 heterocycles. The van der Waals surface area contributed by atoms with Crippen molar-refractivity contribution >= 4 is 6.03 Å². The van der Waals surface area contributed by atoms with Gasteiger partial charge in [0.15, 0.2) is 11.5 Å². The molecule has 0 spiro atoms. The number of fused-ring (bicyclic) bond motifs is 1. The van der Waals surface area contributed by atoms with Crippen molar-refractivity contribution in [2.45, 2.75) is 6.54 Å². The molecule has 2 amide bonds. The van der Waals surface area contributed by atoms with Crippen LogP contribution in [-0.4, -0.2) is 50.0 Å². The number of carbonyl (C=O) groups excluding carboxylic acids is 1. The highest BCUT2D eigenvalue weighted by Gasteiger charge is 2.16. The monoisotopic (exact) mass is 281 g/mol. The van der Waals surface area contributed by atoms with Crippen molar-refractivity contribution in [3.63, 3.8) is 0 Å². The van der Waals surface area contributed by atoms with E-state index in [-0.39, 0.29) is 18.6 Å². The number of rotatable bonds is 5. The first kappa shape index (κ1) is 14.3. The van der Waals surface area contributed by atoms with Gasteiger partial charge in [-0.3, -0.25) is 0 Å². The summed E-state index contributed by atoms with van der Waals surface area (Å²) in [6, 6.07) is 3.17. The summed E-state index contributed by atoms with van der Waals surface area (Å²) in [6.07, 6.45) is 0. The fourth-order valence-electron chi connectivity index (χ4n) is 1.75. The van der Waals surface area contributed by atoms with E-state index in [9.17, 15) is 9.90 Å². The van der Waals surface area contributed by atoms with Crippen molar-refractivity contribution in [2.24, 2.45) is 0 Å². The first-order valence-electron chi connectivity index (χ1n) is 6.35. The largest absolute Gasteiger partial charge is 0.507 e. The SMILES string of the molecule is CN(C)C(=O)NCCNCc1cc2c(cc1O)OCO2. The van der Waals surface area contributed by atoms with Gasteiger partial charge in [-0.25, -0.2) is 4.79 Å². The summed E-state index contributed by atoms with van der Waals surface area (Å²) in [6.45, 7) is 1.79. The van der Waals surface area contributed by atoms with Gasteiger partial charge < -0.3 is 30.1 Å². The molecule has 0 radical (unpaired) electrons. The van der Waals surface area contributed by atoms with Crippen molar-refractivity contribution < 1.29 is 19.4 Å². The zero-order chi connectivity index (χ0) is 14.5. The first-order chi connectivity index (χ1) is 9.58. The molecule has 7 heteroatoms. The van der Waals surface area contributed by atoms with Gasteiger partial charge in [0.1, 0.15) is 5.75 Å². The molecule has 20 heavy (non-hydrogen) atoms. The van der Waals surface area contributed by atoms with E-state index in [1.807, 2.05) is 0 Å². The molecular weight excluding hydrogens is 262 g/mol. The van der Waals surface area contributed by atoms with Crippen LogP contribution in [0.4, 0.5) is 4.79 Å². The molecule has 0 fully saturated rings. The third kappa shape index (κ3) is 3.45. The molecule has 3 N–H and O–H groups in total. The summed E-state index contributed by atoms with van der Waals surface area (Å²) in [5.41, 5.74) is 0.730. The molecule has 0 atom stereocenters. The van der Waals surface area contributed by atoms with E-state index < -0.39 is 0 Å². The molecule has 7 nitrogen and oxygen atoms in total. The molecule has 0 bridgehead atoms. The summed E-state index contributed by atoms with van der Waals surface area (Å²) < 4.78 is 10.4. The minimum Gasteiger partial charge on any atom is -0.507 e. The van der Waals surface area contributed by atoms with Crippen molar-refractivity contribution in [3.8, 4) is 17.2 Å². The number of hydrogen-bond donors (Lipinski definition) is 3. The fourth-order valence-corrected chi connectivity index (χ4v) is 1.75. The van der Waals surface area contributed by atoms with Crippen LogP contribution in [0.2, 0.25) is 0 Å². The molecule has 0 saturated carbocycles. The molecule has 1 aromatic rings. The molecule has 1 aliphatic heterocycles. The lowest BCUT2D eigenvalue weighted by molar-refractivity contribution is 0.174. The summed E-state index contributed by atoms with van der Waals surface area (Å²) in [5, 5.41) is 15.7. The van der Waals surface area contributed by atoms with Crippen LogP contribution in [-0.2, 0) is 6.54 Å². The Labute approximate surface area is 117 Å². The second-order valence-electron chi connectivity index (χ2n) is 4.64. The minimum atomic E-state index is -0.127. The van der Waals surface area contributed by atoms with Crippen molar-refractivity contribution in [1.82, 2.24) is 15.5 Å². The summed E-state index contributed by atoms with van der Waals surface area (Å²) in [7, 11) is 3.38. The van der Waals surface area contributed by atoms with Gasteiger partial charge in [-0.05, 0) is 6.07 Å². The summed E-state index contributed by atoms with van der Waals surface area (Å²) in [4.78, 5) is 12.8. The van der Waals surface area contributed by atoms with E-state index in [4.69, 9.17) is 9.47 Å².